The molecule has 1 N–H and O–H groups in total. The monoisotopic (exact) mass is 438 g/mol. The Balaban J connectivity index is 1.35. The van der Waals surface area contributed by atoms with E-state index in [1.54, 1.807) is 0 Å². The Hall–Kier alpha value is 0.0700. The molecule has 0 radical (unpaired) electrons. The third-order valence-electron chi connectivity index (χ3n) is 9.92. The highest BCUT2D eigenvalue weighted by Gasteiger charge is 2.72. The Morgan fingerprint density at radius 3 is 2.48 bits per heavy atom. The van der Waals surface area contributed by atoms with Crippen LogP contribution < -0.4 is 0 Å². The second-order valence-corrected chi connectivity index (χ2v) is 11.1. The molecule has 3 nitrogen and oxygen atoms in total. The maximum atomic E-state index is 12.6. The Bertz CT molecular complexity index is 623. The molecule has 0 aromatic heterocycles. The lowest BCUT2D eigenvalue weighted by molar-refractivity contribution is -0.128. The molecule has 5 aliphatic carbocycles. The van der Waals surface area contributed by atoms with Crippen LogP contribution in [0.2, 0.25) is 0 Å². The van der Waals surface area contributed by atoms with E-state index in [1.807, 2.05) is 0 Å². The molecule has 0 saturated heterocycles. The number of fused-ring (bicyclic) bond motifs is 7. The van der Waals surface area contributed by atoms with Crippen molar-refractivity contribution in [2.24, 2.45) is 46.8 Å². The number of ketones is 1. The van der Waals surface area contributed by atoms with E-state index in [0.717, 1.165) is 43.1 Å². The van der Waals surface area contributed by atoms with Gasteiger partial charge in [0.05, 0.1) is 17.0 Å². The normalized spacial score (nSPS) is 55.9. The summed E-state index contributed by atoms with van der Waals surface area (Å²) in [4.78, 5) is 12.6. The van der Waals surface area contributed by atoms with Gasteiger partial charge >= 0.3 is 0 Å². The smallest absolute Gasteiger partial charge is 0.147 e. The van der Waals surface area contributed by atoms with E-state index in [4.69, 9.17) is 4.74 Å². The summed E-state index contributed by atoms with van der Waals surface area (Å²) in [5.74, 6) is 4.96. The number of carbonyl (C=O) groups is 1. The number of halogens is 1. The quantitative estimate of drug-likeness (QED) is 0.652. The predicted octanol–water partition coefficient (Wildman–Crippen LogP) is 4.60. The van der Waals surface area contributed by atoms with Crippen molar-refractivity contribution < 1.29 is 14.6 Å². The predicted molar refractivity (Wildman–Crippen MR) is 109 cm³/mol. The van der Waals surface area contributed by atoms with Gasteiger partial charge in [-0.25, -0.2) is 0 Å². The summed E-state index contributed by atoms with van der Waals surface area (Å²) < 4.78 is 5.93. The van der Waals surface area contributed by atoms with Crippen LogP contribution in [-0.4, -0.2) is 34.5 Å². The topological polar surface area (TPSA) is 46.5 Å². The number of alkyl halides is 1. The van der Waals surface area contributed by atoms with Gasteiger partial charge in [0.15, 0.2) is 0 Å². The Kier molecular flexibility index (Phi) is 4.61. The lowest BCUT2D eigenvalue weighted by Gasteiger charge is -2.55. The minimum Gasteiger partial charge on any atom is -0.387 e. The summed E-state index contributed by atoms with van der Waals surface area (Å²) in [6.45, 7) is 5.20. The Morgan fingerprint density at radius 2 is 1.74 bits per heavy atom. The van der Waals surface area contributed by atoms with Gasteiger partial charge in [-0.05, 0) is 93.3 Å². The van der Waals surface area contributed by atoms with Crippen LogP contribution in [0.25, 0.3) is 0 Å². The molecule has 0 bridgehead atoms. The second-order valence-electron chi connectivity index (χ2n) is 10.5. The third kappa shape index (κ3) is 2.54. The fourth-order valence-corrected chi connectivity index (χ4v) is 9.22. The van der Waals surface area contributed by atoms with E-state index in [0.29, 0.717) is 22.9 Å². The molecule has 0 spiro atoms. The van der Waals surface area contributed by atoms with E-state index in [9.17, 15) is 9.90 Å². The van der Waals surface area contributed by atoms with Crippen LogP contribution in [0.15, 0.2) is 0 Å². The first-order chi connectivity index (χ1) is 13.0. The number of Topliss-reactive ketones (excluding diaryl/α,β-unsaturated/α-hetero) is 1. The lowest BCUT2D eigenvalue weighted by atomic mass is 9.49. The first kappa shape index (κ1) is 19.1. The molecular weight excluding hydrogens is 404 g/mol. The van der Waals surface area contributed by atoms with Crippen molar-refractivity contribution in [3.63, 3.8) is 0 Å². The van der Waals surface area contributed by atoms with E-state index < -0.39 is 5.60 Å². The molecule has 4 heteroatoms. The van der Waals surface area contributed by atoms with Gasteiger partial charge in [-0.1, -0.05) is 22.9 Å². The maximum absolute atomic E-state index is 12.6. The molecule has 0 heterocycles. The zero-order valence-corrected chi connectivity index (χ0v) is 18.4. The summed E-state index contributed by atoms with van der Waals surface area (Å²) >= 11 is 3.43. The molecule has 5 fully saturated rings. The number of carbonyl (C=O) groups excluding carboxylic acids is 1. The van der Waals surface area contributed by atoms with Gasteiger partial charge in [-0.15, -0.1) is 0 Å². The molecule has 0 aromatic carbocycles. The molecule has 27 heavy (non-hydrogen) atoms. The number of rotatable bonds is 4. The molecule has 0 aliphatic heterocycles. The van der Waals surface area contributed by atoms with Crippen molar-refractivity contribution in [1.82, 2.24) is 0 Å². The molecule has 0 aromatic rings. The molecule has 2 unspecified atom stereocenters. The van der Waals surface area contributed by atoms with E-state index >= 15 is 0 Å². The van der Waals surface area contributed by atoms with Crippen LogP contribution in [0.4, 0.5) is 0 Å². The highest BCUT2D eigenvalue weighted by Crippen LogP contribution is 2.69. The largest absolute Gasteiger partial charge is 0.387 e. The van der Waals surface area contributed by atoms with Crippen LogP contribution in [0.1, 0.15) is 65.2 Å². The van der Waals surface area contributed by atoms with Gasteiger partial charge in [0.25, 0.3) is 0 Å². The highest BCUT2D eigenvalue weighted by atomic mass is 79.9. The molecule has 10 atom stereocenters. The number of hydrogen-bond donors (Lipinski definition) is 1. The standard InChI is InChI=1S/C23H35BrO3/c1-3-27-21-20-16-5-4-15-13(14(16)9-11-23(20,21)26)8-10-22(2)17(15)6-7-18(22)19(25)12-24/h13-18,20-21,26H,3-12H2,1-2H3/t13-,14-,15-,16-,17+,18-,20?,21?,22+,23-/m1/s1. The molecule has 5 rings (SSSR count). The summed E-state index contributed by atoms with van der Waals surface area (Å²) in [6, 6.07) is 0. The fraction of sp³-hybridized carbons (Fsp3) is 0.957. The summed E-state index contributed by atoms with van der Waals surface area (Å²) in [5, 5.41) is 11.5. The van der Waals surface area contributed by atoms with Crippen molar-refractivity contribution in [2.45, 2.75) is 76.9 Å². The van der Waals surface area contributed by atoms with Crippen molar-refractivity contribution in [3.8, 4) is 0 Å². The van der Waals surface area contributed by atoms with Gasteiger partial charge in [-0.2, -0.15) is 0 Å². The molecule has 152 valence electrons. The minimum atomic E-state index is -0.506. The first-order valence-electron chi connectivity index (χ1n) is 11.4. The zero-order valence-electron chi connectivity index (χ0n) is 16.8. The van der Waals surface area contributed by atoms with Gasteiger partial charge in [0.2, 0.25) is 0 Å². The van der Waals surface area contributed by atoms with Gasteiger partial charge < -0.3 is 9.84 Å². The van der Waals surface area contributed by atoms with Crippen LogP contribution in [0, 0.1) is 46.8 Å². The molecule has 5 saturated carbocycles. The van der Waals surface area contributed by atoms with Crippen molar-refractivity contribution >= 4 is 21.7 Å². The van der Waals surface area contributed by atoms with Crippen LogP contribution in [-0.2, 0) is 9.53 Å². The Labute approximate surface area is 172 Å². The number of ether oxygens (including phenoxy) is 1. The van der Waals surface area contributed by atoms with Crippen molar-refractivity contribution in [3.05, 3.63) is 0 Å². The first-order valence-corrected chi connectivity index (χ1v) is 12.5. The average Bonchev–Trinajstić information content (AvgIpc) is 3.09. The van der Waals surface area contributed by atoms with E-state index in [-0.39, 0.29) is 17.4 Å². The highest BCUT2D eigenvalue weighted by molar-refractivity contribution is 9.09. The zero-order chi connectivity index (χ0) is 19.0. The second kappa shape index (κ2) is 6.54. The third-order valence-corrected chi connectivity index (χ3v) is 10.5. The van der Waals surface area contributed by atoms with Crippen LogP contribution in [0.5, 0.6) is 0 Å². The maximum Gasteiger partial charge on any atom is 0.147 e. The molecular formula is C23H35BrO3. The molecule has 5 aliphatic rings. The minimum absolute atomic E-state index is 0.107. The van der Waals surface area contributed by atoms with Gasteiger partial charge in [-0.3, -0.25) is 4.79 Å². The van der Waals surface area contributed by atoms with E-state index in [2.05, 4.69) is 29.8 Å². The average molecular weight is 439 g/mol. The van der Waals surface area contributed by atoms with Gasteiger partial charge in [0, 0.05) is 18.4 Å². The number of aliphatic hydroxyl groups is 1. The van der Waals surface area contributed by atoms with Gasteiger partial charge in [0.1, 0.15) is 5.78 Å². The van der Waals surface area contributed by atoms with Crippen molar-refractivity contribution in [2.75, 3.05) is 11.9 Å². The van der Waals surface area contributed by atoms with Crippen molar-refractivity contribution in [1.29, 1.82) is 0 Å². The summed E-state index contributed by atoms with van der Waals surface area (Å²) in [6.07, 6.45) is 9.72. The summed E-state index contributed by atoms with van der Waals surface area (Å²) in [7, 11) is 0. The lowest BCUT2D eigenvalue weighted by Crippen LogP contribution is -2.50. The fourth-order valence-electron chi connectivity index (χ4n) is 8.83. The van der Waals surface area contributed by atoms with Crippen LogP contribution in [0.3, 0.4) is 0 Å². The SMILES string of the molecule is CCOC1C2[C@@H]3CC[C@@H]4[C@H](CC[C@]5(C)[C@@H](C(=O)CBr)CC[C@@H]45)[C@H]3CC[C@]12O. The summed E-state index contributed by atoms with van der Waals surface area (Å²) in [5.41, 5.74) is -0.268. The number of hydrogen-bond acceptors (Lipinski definition) is 3. The Morgan fingerprint density at radius 1 is 1.04 bits per heavy atom. The van der Waals surface area contributed by atoms with E-state index in [1.165, 1.54) is 38.5 Å². The van der Waals surface area contributed by atoms with Crippen LogP contribution >= 0.6 is 15.9 Å². The molecule has 0 amide bonds.